The molecule has 1 rings (SSSR count). The largest absolute Gasteiger partial charge is 0.505 e. The second-order valence-corrected chi connectivity index (χ2v) is 7.09. The number of carbonyl (C=O) groups is 1. The summed E-state index contributed by atoms with van der Waals surface area (Å²) in [6, 6.07) is 3.04. The summed E-state index contributed by atoms with van der Waals surface area (Å²) >= 11 is 0. The van der Waals surface area contributed by atoms with Crippen LogP contribution in [-0.4, -0.2) is 38.5 Å². The first-order valence-corrected chi connectivity index (χ1v) is 9.12. The smallest absolute Gasteiger partial charge is 0.242 e. The molecular weight excluding hydrogens is 353 g/mol. The van der Waals surface area contributed by atoms with Crippen molar-refractivity contribution in [2.75, 3.05) is 19.1 Å². The second kappa shape index (κ2) is 9.97. The van der Waals surface area contributed by atoms with Crippen molar-refractivity contribution < 1.29 is 27.4 Å². The van der Waals surface area contributed by atoms with Gasteiger partial charge in [-0.15, -0.1) is 0 Å². The maximum absolute atomic E-state index is 13.0. The van der Waals surface area contributed by atoms with Gasteiger partial charge in [0.25, 0.3) is 0 Å². The first kappa shape index (κ1) is 20.9. The van der Waals surface area contributed by atoms with E-state index in [2.05, 4.69) is 10.0 Å². The normalized spacial score (nSPS) is 13.0. The molecule has 0 heterocycles. The lowest BCUT2D eigenvalue weighted by molar-refractivity contribution is -0.113. The Hall–Kier alpha value is -2.17. The molecule has 0 fully saturated rings. The predicted octanol–water partition coefficient (Wildman–Crippen LogP) is 0.464. The highest BCUT2D eigenvalue weighted by Crippen LogP contribution is 2.21. The van der Waals surface area contributed by atoms with E-state index in [4.69, 9.17) is 10.5 Å². The van der Waals surface area contributed by atoms with E-state index in [9.17, 15) is 22.7 Å². The van der Waals surface area contributed by atoms with E-state index in [1.165, 1.54) is 18.3 Å². The summed E-state index contributed by atoms with van der Waals surface area (Å²) in [6.45, 7) is 1.91. The molecule has 0 aliphatic heterocycles. The van der Waals surface area contributed by atoms with Gasteiger partial charge in [-0.2, -0.15) is 0 Å². The van der Waals surface area contributed by atoms with Crippen LogP contribution in [0.5, 0.6) is 5.75 Å². The molecule has 0 bridgehead atoms. The molecule has 140 valence electrons. The van der Waals surface area contributed by atoms with E-state index < -0.39 is 33.5 Å². The van der Waals surface area contributed by atoms with Crippen molar-refractivity contribution in [2.24, 2.45) is 5.73 Å². The average molecular weight is 375 g/mol. The van der Waals surface area contributed by atoms with Crippen molar-refractivity contribution in [3.8, 4) is 5.75 Å². The van der Waals surface area contributed by atoms with Crippen LogP contribution in [0.3, 0.4) is 0 Å². The molecule has 25 heavy (non-hydrogen) atoms. The van der Waals surface area contributed by atoms with Gasteiger partial charge in [0.05, 0.1) is 5.75 Å². The third-order valence-corrected chi connectivity index (χ3v) is 4.62. The van der Waals surface area contributed by atoms with Crippen molar-refractivity contribution in [3.63, 3.8) is 0 Å². The molecular formula is C15H22FN3O5S. The van der Waals surface area contributed by atoms with Gasteiger partial charge in [-0.3, -0.25) is 4.79 Å². The summed E-state index contributed by atoms with van der Waals surface area (Å²) in [4.78, 5) is 10.4. The van der Waals surface area contributed by atoms with Gasteiger partial charge in [-0.1, -0.05) is 6.07 Å². The van der Waals surface area contributed by atoms with Crippen LogP contribution >= 0.6 is 0 Å². The summed E-state index contributed by atoms with van der Waals surface area (Å²) < 4.78 is 44.6. The maximum Gasteiger partial charge on any atom is 0.242 e. The maximum atomic E-state index is 13.0. The summed E-state index contributed by atoms with van der Waals surface area (Å²) in [5.41, 5.74) is 5.34. The molecule has 5 N–H and O–H groups in total. The van der Waals surface area contributed by atoms with Crippen LogP contribution in [0.1, 0.15) is 24.9 Å². The van der Waals surface area contributed by atoms with E-state index in [0.717, 1.165) is 12.1 Å². The summed E-state index contributed by atoms with van der Waals surface area (Å²) in [5.74, 6) is -2.04. The molecule has 1 aromatic carbocycles. The fourth-order valence-corrected chi connectivity index (χ4v) is 3.16. The average Bonchev–Trinajstić information content (AvgIpc) is 2.51. The Morgan fingerprint density at radius 1 is 1.48 bits per heavy atom. The lowest BCUT2D eigenvalue weighted by atomic mass is 10.1. The Bertz CT molecular complexity index is 709. The number of benzene rings is 1. The molecule has 0 aliphatic rings. The number of hydrogen-bond acceptors (Lipinski definition) is 6. The fourth-order valence-electron chi connectivity index (χ4n) is 1.87. The Morgan fingerprint density at radius 3 is 2.84 bits per heavy atom. The van der Waals surface area contributed by atoms with Gasteiger partial charge in [0, 0.05) is 24.9 Å². The van der Waals surface area contributed by atoms with E-state index in [1.54, 1.807) is 6.92 Å². The monoisotopic (exact) mass is 375 g/mol. The van der Waals surface area contributed by atoms with Crippen LogP contribution in [0, 0.1) is 5.82 Å². The lowest BCUT2D eigenvalue weighted by Gasteiger charge is -2.15. The van der Waals surface area contributed by atoms with Gasteiger partial charge in [-0.25, -0.2) is 17.5 Å². The Balaban J connectivity index is 2.33. The minimum absolute atomic E-state index is 0.114. The fraction of sp³-hybridized carbons (Fsp3) is 0.400. The van der Waals surface area contributed by atoms with Gasteiger partial charge in [0.1, 0.15) is 6.73 Å². The van der Waals surface area contributed by atoms with Crippen LogP contribution < -0.4 is 15.8 Å². The number of halogens is 1. The van der Waals surface area contributed by atoms with Crippen molar-refractivity contribution in [1.29, 1.82) is 0 Å². The number of ether oxygens (including phenoxy) is 1. The lowest BCUT2D eigenvalue weighted by Crippen LogP contribution is -2.29. The zero-order valence-corrected chi connectivity index (χ0v) is 14.6. The standard InChI is InChI=1S/C15H22FN3O5S/c1-11(12-3-4-13(16)14(20)9-12)19-25(22,23)8-2-7-24-10-18-6-5-15(17)21/h3-6,9,11,18-20H,2,7-8,10H2,1H3,(H2,17,21)/b6-5-/t11-/m1/s1. The van der Waals surface area contributed by atoms with Crippen LogP contribution in [0.2, 0.25) is 0 Å². The van der Waals surface area contributed by atoms with Crippen LogP contribution in [0.4, 0.5) is 4.39 Å². The Morgan fingerprint density at radius 2 is 2.20 bits per heavy atom. The minimum Gasteiger partial charge on any atom is -0.505 e. The molecule has 0 saturated carbocycles. The molecule has 0 saturated heterocycles. The molecule has 1 atom stereocenters. The van der Waals surface area contributed by atoms with Gasteiger partial charge in [0.15, 0.2) is 11.6 Å². The number of sulfonamides is 1. The molecule has 10 heteroatoms. The summed E-state index contributed by atoms with van der Waals surface area (Å²) in [7, 11) is -3.56. The number of carbonyl (C=O) groups excluding carboxylic acids is 1. The van der Waals surface area contributed by atoms with Gasteiger partial charge >= 0.3 is 0 Å². The highest BCUT2D eigenvalue weighted by atomic mass is 32.2. The first-order valence-electron chi connectivity index (χ1n) is 7.47. The van der Waals surface area contributed by atoms with Crippen molar-refractivity contribution in [1.82, 2.24) is 10.0 Å². The topological polar surface area (TPSA) is 131 Å². The number of aromatic hydroxyl groups is 1. The molecule has 0 radical (unpaired) electrons. The molecule has 1 amide bonds. The molecule has 0 aromatic heterocycles. The second-order valence-electron chi connectivity index (χ2n) is 5.22. The van der Waals surface area contributed by atoms with Gasteiger partial charge < -0.3 is 20.9 Å². The van der Waals surface area contributed by atoms with E-state index in [-0.39, 0.29) is 25.5 Å². The number of nitrogens with two attached hydrogens (primary N) is 1. The number of nitrogens with one attached hydrogen (secondary N) is 2. The van der Waals surface area contributed by atoms with Gasteiger partial charge in [-0.05, 0) is 31.0 Å². The molecule has 0 spiro atoms. The summed E-state index contributed by atoms with van der Waals surface area (Å²) in [6.07, 6.45) is 2.73. The quantitative estimate of drug-likeness (QED) is 0.253. The van der Waals surface area contributed by atoms with Crippen LogP contribution in [0.15, 0.2) is 30.5 Å². The number of phenols is 1. The van der Waals surface area contributed by atoms with E-state index in [0.29, 0.717) is 5.56 Å². The minimum atomic E-state index is -3.56. The highest BCUT2D eigenvalue weighted by molar-refractivity contribution is 7.89. The van der Waals surface area contributed by atoms with Crippen LogP contribution in [0.25, 0.3) is 0 Å². The number of phenolic OH excluding ortho intramolecular Hbond substituents is 1. The molecule has 0 aliphatic carbocycles. The number of hydrogen-bond donors (Lipinski definition) is 4. The summed E-state index contributed by atoms with van der Waals surface area (Å²) in [5, 5.41) is 12.0. The SMILES string of the molecule is C[C@@H](NS(=O)(=O)CCCOCN/C=C\C(N)=O)c1ccc(F)c(O)c1. The highest BCUT2D eigenvalue weighted by Gasteiger charge is 2.16. The van der Waals surface area contributed by atoms with Crippen LogP contribution in [-0.2, 0) is 19.6 Å². The van der Waals surface area contributed by atoms with Crippen molar-refractivity contribution >= 4 is 15.9 Å². The van der Waals surface area contributed by atoms with E-state index in [1.807, 2.05) is 0 Å². The van der Waals surface area contributed by atoms with Gasteiger partial charge in [0.2, 0.25) is 15.9 Å². The van der Waals surface area contributed by atoms with E-state index >= 15 is 0 Å². The third-order valence-electron chi connectivity index (χ3n) is 3.08. The Kier molecular flexibility index (Phi) is 8.32. The molecule has 1 aromatic rings. The molecule has 0 unspecified atom stereocenters. The number of rotatable bonds is 11. The van der Waals surface area contributed by atoms with Crippen molar-refractivity contribution in [2.45, 2.75) is 19.4 Å². The first-order chi connectivity index (χ1) is 11.7. The third kappa shape index (κ3) is 8.47. The predicted molar refractivity (Wildman–Crippen MR) is 90.3 cm³/mol. The number of amides is 1. The Labute approximate surface area is 145 Å². The molecule has 8 nitrogen and oxygen atoms in total. The zero-order chi connectivity index (χ0) is 18.9. The number of primary amides is 1. The zero-order valence-electron chi connectivity index (χ0n) is 13.7. The van der Waals surface area contributed by atoms with Crippen molar-refractivity contribution in [3.05, 3.63) is 41.9 Å².